The number of nitrogens with one attached hydrogen (secondary N) is 2. The van der Waals surface area contributed by atoms with Crippen LogP contribution in [-0.4, -0.2) is 32.1 Å². The summed E-state index contributed by atoms with van der Waals surface area (Å²) in [6.07, 6.45) is 3.26. The number of piperidine rings is 1. The molecule has 2 aromatic rings. The average molecular weight is 403 g/mol. The molecule has 0 aromatic heterocycles. The van der Waals surface area contributed by atoms with Gasteiger partial charge in [-0.3, -0.25) is 9.59 Å². The van der Waals surface area contributed by atoms with Gasteiger partial charge in [-0.2, -0.15) is 0 Å². The number of carbonyl (C=O) groups excluding carboxylic acids is 2. The monoisotopic (exact) mass is 402 g/mol. The molecule has 6 heteroatoms. The van der Waals surface area contributed by atoms with Crippen molar-refractivity contribution in [2.24, 2.45) is 0 Å². The van der Waals surface area contributed by atoms with Crippen LogP contribution in [0.1, 0.15) is 46.7 Å². The average Bonchev–Trinajstić information content (AvgIpc) is 2.73. The Morgan fingerprint density at radius 1 is 1.04 bits per heavy atom. The van der Waals surface area contributed by atoms with Crippen molar-refractivity contribution in [3.8, 4) is 0 Å². The smallest absolute Gasteiger partial charge is 0.305 e. The van der Waals surface area contributed by atoms with Crippen molar-refractivity contribution in [2.75, 3.05) is 25.5 Å². The van der Waals surface area contributed by atoms with Crippen molar-refractivity contribution in [2.45, 2.75) is 31.6 Å². The van der Waals surface area contributed by atoms with E-state index in [0.29, 0.717) is 24.3 Å². The van der Waals surface area contributed by atoms with Gasteiger partial charge in [-0.05, 0) is 73.7 Å². The third-order valence-corrected chi connectivity index (χ3v) is 5.04. The van der Waals surface area contributed by atoms with Crippen LogP contribution in [0.15, 0.2) is 48.5 Å². The first kappa shape index (κ1) is 21.9. The molecule has 3 rings (SSSR count). The van der Waals surface area contributed by atoms with Crippen LogP contribution in [0.2, 0.25) is 0 Å². The Hall–Kier alpha value is -2.37. The second-order valence-corrected chi connectivity index (χ2v) is 6.87. The van der Waals surface area contributed by atoms with Gasteiger partial charge in [-0.25, -0.2) is 0 Å². The molecule has 0 radical (unpaired) electrons. The lowest BCUT2D eigenvalue weighted by Crippen LogP contribution is -2.26. The summed E-state index contributed by atoms with van der Waals surface area (Å²) in [6.45, 7) is 2.14. The first-order valence-corrected chi connectivity index (χ1v) is 9.43. The number of ether oxygens (including phenoxy) is 1. The second kappa shape index (κ2) is 10.8. The van der Waals surface area contributed by atoms with Crippen LogP contribution in [0.4, 0.5) is 5.69 Å². The number of hydrogen-bond donors (Lipinski definition) is 2. The normalized spacial score (nSPS) is 14.0. The van der Waals surface area contributed by atoms with Crippen LogP contribution in [0.3, 0.4) is 0 Å². The molecule has 1 aliphatic rings. The van der Waals surface area contributed by atoms with Crippen LogP contribution in [-0.2, 0) is 16.0 Å². The Bertz CT molecular complexity index is 769. The summed E-state index contributed by atoms with van der Waals surface area (Å²) >= 11 is 0. The molecule has 2 N–H and O–H groups in total. The minimum atomic E-state index is -0.232. The van der Waals surface area contributed by atoms with Crippen LogP contribution in [0.25, 0.3) is 0 Å². The highest BCUT2D eigenvalue weighted by Gasteiger charge is 2.15. The van der Waals surface area contributed by atoms with E-state index in [9.17, 15) is 9.59 Å². The van der Waals surface area contributed by atoms with Crippen molar-refractivity contribution in [3.05, 3.63) is 65.2 Å². The van der Waals surface area contributed by atoms with Crippen LogP contribution in [0.5, 0.6) is 0 Å². The van der Waals surface area contributed by atoms with Gasteiger partial charge in [0.1, 0.15) is 0 Å². The molecule has 0 aliphatic carbocycles. The molecular formula is C22H27ClN2O3. The van der Waals surface area contributed by atoms with Crippen molar-refractivity contribution in [3.63, 3.8) is 0 Å². The largest absolute Gasteiger partial charge is 0.469 e. The van der Waals surface area contributed by atoms with Gasteiger partial charge >= 0.3 is 5.97 Å². The molecule has 150 valence electrons. The Balaban J connectivity index is 0.00000280. The molecule has 2 aromatic carbocycles. The van der Waals surface area contributed by atoms with Crippen LogP contribution < -0.4 is 10.6 Å². The molecule has 0 spiro atoms. The Kier molecular flexibility index (Phi) is 8.48. The summed E-state index contributed by atoms with van der Waals surface area (Å²) < 4.78 is 4.64. The van der Waals surface area contributed by atoms with Crippen LogP contribution in [0, 0.1) is 0 Å². The number of hydrogen-bond acceptors (Lipinski definition) is 4. The Morgan fingerprint density at radius 2 is 1.68 bits per heavy atom. The van der Waals surface area contributed by atoms with Crippen LogP contribution >= 0.6 is 12.4 Å². The number of rotatable bonds is 6. The van der Waals surface area contributed by atoms with Crippen molar-refractivity contribution < 1.29 is 14.3 Å². The van der Waals surface area contributed by atoms with Gasteiger partial charge in [0.15, 0.2) is 0 Å². The van der Waals surface area contributed by atoms with E-state index in [4.69, 9.17) is 0 Å². The predicted octanol–water partition coefficient (Wildman–Crippen LogP) is 3.93. The lowest BCUT2D eigenvalue weighted by atomic mass is 9.90. The number of esters is 1. The van der Waals surface area contributed by atoms with E-state index in [2.05, 4.69) is 27.5 Å². The predicted molar refractivity (Wildman–Crippen MR) is 113 cm³/mol. The van der Waals surface area contributed by atoms with E-state index in [1.54, 1.807) is 12.1 Å². The zero-order chi connectivity index (χ0) is 19.1. The summed E-state index contributed by atoms with van der Waals surface area (Å²) in [7, 11) is 1.38. The van der Waals surface area contributed by atoms with Gasteiger partial charge in [-0.15, -0.1) is 12.4 Å². The Labute approximate surface area is 172 Å². The summed E-state index contributed by atoms with van der Waals surface area (Å²) in [4.78, 5) is 23.6. The molecule has 0 atom stereocenters. The third kappa shape index (κ3) is 6.08. The number of carbonyl (C=O) groups is 2. The molecule has 5 nitrogen and oxygen atoms in total. The molecule has 1 saturated heterocycles. The fourth-order valence-electron chi connectivity index (χ4n) is 3.37. The molecule has 1 heterocycles. The van der Waals surface area contributed by atoms with E-state index in [1.165, 1.54) is 12.7 Å². The van der Waals surface area contributed by atoms with E-state index in [1.807, 2.05) is 24.3 Å². The van der Waals surface area contributed by atoms with E-state index >= 15 is 0 Å². The highest BCUT2D eigenvalue weighted by Crippen LogP contribution is 2.26. The minimum absolute atomic E-state index is 0. The number of aryl methyl sites for hydroxylation is 1. The van der Waals surface area contributed by atoms with Gasteiger partial charge in [0.05, 0.1) is 7.11 Å². The van der Waals surface area contributed by atoms with Crippen molar-refractivity contribution >= 4 is 30.0 Å². The molecule has 1 fully saturated rings. The van der Waals surface area contributed by atoms with Crippen molar-refractivity contribution in [1.29, 1.82) is 0 Å². The van der Waals surface area contributed by atoms with Gasteiger partial charge in [0.25, 0.3) is 5.91 Å². The molecule has 0 unspecified atom stereocenters. The van der Waals surface area contributed by atoms with E-state index in [-0.39, 0.29) is 24.3 Å². The molecule has 28 heavy (non-hydrogen) atoms. The molecule has 0 bridgehead atoms. The fourth-order valence-corrected chi connectivity index (χ4v) is 3.37. The summed E-state index contributed by atoms with van der Waals surface area (Å²) in [5, 5.41) is 6.32. The Morgan fingerprint density at radius 3 is 2.29 bits per heavy atom. The topological polar surface area (TPSA) is 67.4 Å². The first-order valence-electron chi connectivity index (χ1n) is 9.43. The quantitative estimate of drug-likeness (QED) is 0.718. The number of methoxy groups -OCH3 is 1. The highest BCUT2D eigenvalue weighted by molar-refractivity contribution is 6.04. The number of benzene rings is 2. The minimum Gasteiger partial charge on any atom is -0.469 e. The summed E-state index contributed by atoms with van der Waals surface area (Å²) in [6, 6.07) is 15.5. The molecular weight excluding hydrogens is 376 g/mol. The lowest BCUT2D eigenvalue weighted by molar-refractivity contribution is -0.140. The third-order valence-electron chi connectivity index (χ3n) is 5.04. The maximum atomic E-state index is 12.4. The number of amides is 1. The van der Waals surface area contributed by atoms with Crippen molar-refractivity contribution in [1.82, 2.24) is 5.32 Å². The first-order chi connectivity index (χ1) is 13.2. The number of halogens is 1. The lowest BCUT2D eigenvalue weighted by Gasteiger charge is -2.23. The van der Waals surface area contributed by atoms with E-state index in [0.717, 1.165) is 37.2 Å². The van der Waals surface area contributed by atoms with Gasteiger partial charge in [0.2, 0.25) is 0 Å². The molecule has 1 aliphatic heterocycles. The number of anilines is 1. The SMILES string of the molecule is COC(=O)CCc1ccc(C(=O)Nc2ccc(C3CCNCC3)cc2)cc1.Cl. The maximum Gasteiger partial charge on any atom is 0.305 e. The molecule has 0 saturated carbocycles. The fraction of sp³-hybridized carbons (Fsp3) is 0.364. The standard InChI is InChI=1S/C22H26N2O3.ClH/c1-27-21(25)11-4-16-2-5-19(6-3-16)22(26)24-20-9-7-17(8-10-20)18-12-14-23-15-13-18;/h2-3,5-10,18,23H,4,11-15H2,1H3,(H,24,26);1H. The van der Waals surface area contributed by atoms with Gasteiger partial charge < -0.3 is 15.4 Å². The maximum absolute atomic E-state index is 12.4. The summed E-state index contributed by atoms with van der Waals surface area (Å²) in [5.74, 6) is 0.238. The van der Waals surface area contributed by atoms with E-state index < -0.39 is 0 Å². The second-order valence-electron chi connectivity index (χ2n) is 6.87. The van der Waals surface area contributed by atoms with Gasteiger partial charge in [-0.1, -0.05) is 24.3 Å². The molecule has 1 amide bonds. The highest BCUT2D eigenvalue weighted by atomic mass is 35.5. The zero-order valence-electron chi connectivity index (χ0n) is 16.1. The summed E-state index contributed by atoms with van der Waals surface area (Å²) in [5.41, 5.74) is 3.74. The van der Waals surface area contributed by atoms with Gasteiger partial charge in [0, 0.05) is 17.7 Å². The zero-order valence-corrected chi connectivity index (χ0v) is 16.9.